The molecule has 1 aliphatic carbocycles. The molecular weight excluding hydrogens is 530 g/mol. The van der Waals surface area contributed by atoms with E-state index in [1.807, 2.05) is 19.1 Å². The summed E-state index contributed by atoms with van der Waals surface area (Å²) < 4.78 is 15.0. The quantitative estimate of drug-likeness (QED) is 0.333. The Morgan fingerprint density at radius 2 is 1.73 bits per heavy atom. The van der Waals surface area contributed by atoms with E-state index in [0.29, 0.717) is 22.7 Å². The van der Waals surface area contributed by atoms with Gasteiger partial charge in [-0.3, -0.25) is 19.3 Å². The van der Waals surface area contributed by atoms with Crippen LogP contribution in [0.15, 0.2) is 42.5 Å². The lowest BCUT2D eigenvalue weighted by Gasteiger charge is -2.33. The van der Waals surface area contributed by atoms with Gasteiger partial charge in [0.15, 0.2) is 17.2 Å². The first-order valence-electron chi connectivity index (χ1n) is 13.3. The van der Waals surface area contributed by atoms with E-state index in [1.54, 1.807) is 30.3 Å². The third kappa shape index (κ3) is 6.04. The highest BCUT2D eigenvalue weighted by Crippen LogP contribution is 2.37. The average Bonchev–Trinajstić information content (AvgIpc) is 3.37. The highest BCUT2D eigenvalue weighted by atomic mass is 32.1. The molecule has 0 saturated heterocycles. The smallest absolute Gasteiger partial charge is 0.273 e. The van der Waals surface area contributed by atoms with E-state index >= 15 is 0 Å². The number of nitrogens with zero attached hydrogens (tertiary/aromatic N) is 2. The van der Waals surface area contributed by atoms with Gasteiger partial charge < -0.3 is 26.3 Å². The van der Waals surface area contributed by atoms with Crippen LogP contribution in [0, 0.1) is 0 Å². The molecule has 0 aliphatic heterocycles. The minimum atomic E-state index is -1.10. The molecule has 1 heterocycles. The second-order valence-electron chi connectivity index (χ2n) is 9.69. The summed E-state index contributed by atoms with van der Waals surface area (Å²) in [5, 5.41) is 3.18. The maximum atomic E-state index is 14.3. The van der Waals surface area contributed by atoms with Gasteiger partial charge in [0, 0.05) is 11.7 Å². The number of rotatable bonds is 10. The van der Waals surface area contributed by atoms with Crippen LogP contribution in [0.1, 0.15) is 76.4 Å². The Kier molecular flexibility index (Phi) is 9.26. The van der Waals surface area contributed by atoms with E-state index in [2.05, 4.69) is 9.69 Å². The van der Waals surface area contributed by atoms with Crippen molar-refractivity contribution in [3.63, 3.8) is 0 Å². The topological polar surface area (TPSA) is 150 Å². The average molecular weight is 566 g/mol. The maximum Gasteiger partial charge on any atom is 0.273 e. The van der Waals surface area contributed by atoms with Crippen molar-refractivity contribution in [1.29, 1.82) is 0 Å². The molecule has 4 rings (SSSR count). The number of nitrogen functional groups attached to an aromatic ring is 1. The number of carbonyl (C=O) groups excluding carboxylic acids is 3. The summed E-state index contributed by atoms with van der Waals surface area (Å²) in [6, 6.07) is 11.4. The third-order valence-corrected chi connectivity index (χ3v) is 8.03. The molecule has 1 aromatic heterocycles. The number of aryl methyl sites for hydroxylation is 1. The highest BCUT2D eigenvalue weighted by molar-refractivity contribution is 7.09. The van der Waals surface area contributed by atoms with Crippen molar-refractivity contribution in [2.45, 2.75) is 57.5 Å². The molecule has 1 unspecified atom stereocenters. The van der Waals surface area contributed by atoms with Crippen molar-refractivity contribution in [2.75, 3.05) is 24.9 Å². The Morgan fingerprint density at radius 3 is 2.30 bits per heavy atom. The normalized spacial score (nSPS) is 14.3. The molecule has 5 N–H and O–H groups in total. The fourth-order valence-electron chi connectivity index (χ4n) is 4.98. The first-order valence-corrected chi connectivity index (χ1v) is 14.1. The lowest BCUT2D eigenvalue weighted by Crippen LogP contribution is -2.47. The molecule has 3 amide bonds. The van der Waals surface area contributed by atoms with Crippen LogP contribution in [-0.4, -0.2) is 42.4 Å². The molecule has 11 heteroatoms. The van der Waals surface area contributed by atoms with E-state index in [1.165, 1.54) is 19.1 Å². The number of ether oxygens (including phenoxy) is 2. The molecule has 2 aromatic carbocycles. The molecule has 212 valence electrons. The fourth-order valence-corrected chi connectivity index (χ4v) is 5.72. The van der Waals surface area contributed by atoms with E-state index in [0.717, 1.165) is 55.6 Å². The van der Waals surface area contributed by atoms with E-state index in [-0.39, 0.29) is 28.2 Å². The van der Waals surface area contributed by atoms with Crippen molar-refractivity contribution >= 4 is 40.6 Å². The van der Waals surface area contributed by atoms with Crippen molar-refractivity contribution in [3.05, 3.63) is 64.2 Å². The lowest BCUT2D eigenvalue weighted by molar-refractivity contribution is -0.123. The van der Waals surface area contributed by atoms with Crippen LogP contribution in [0.25, 0.3) is 0 Å². The van der Waals surface area contributed by atoms with Crippen LogP contribution in [0.3, 0.4) is 0 Å². The Bertz CT molecular complexity index is 1370. The maximum absolute atomic E-state index is 14.3. The van der Waals surface area contributed by atoms with E-state index in [9.17, 15) is 14.4 Å². The zero-order valence-electron chi connectivity index (χ0n) is 22.9. The Labute approximate surface area is 237 Å². The number of nitrogens with one attached hydrogen (secondary N) is 1. The van der Waals surface area contributed by atoms with Gasteiger partial charge in [-0.1, -0.05) is 44.4 Å². The molecule has 1 aliphatic rings. The van der Waals surface area contributed by atoms with Crippen LogP contribution < -0.4 is 31.2 Å². The Balaban J connectivity index is 1.88. The molecule has 0 radical (unpaired) electrons. The predicted molar refractivity (Wildman–Crippen MR) is 155 cm³/mol. The number of benzene rings is 2. The summed E-state index contributed by atoms with van der Waals surface area (Å²) in [5.41, 5.74) is 13.4. The van der Waals surface area contributed by atoms with Crippen LogP contribution in [0.5, 0.6) is 11.5 Å². The minimum Gasteiger partial charge on any atom is -0.493 e. The van der Waals surface area contributed by atoms with Crippen LogP contribution in [0.4, 0.5) is 11.4 Å². The molecule has 1 atom stereocenters. The molecule has 1 fully saturated rings. The SMILES string of the molecule is CCc1ccc(N(C(=O)c2snc(C(N)=O)c2N)C(C(=O)NC2CCCCC2)c2ccc(OC)c(OC)c2)cc1. The standard InChI is InChI=1S/C29H35N5O5S/c1-4-17-10-13-20(14-11-17)34(29(37)26-23(30)24(27(31)35)33-40-26)25(28(36)32-19-8-6-5-7-9-19)18-12-15-21(38-2)22(16-18)39-3/h10-16,19,25H,4-9,30H2,1-3H3,(H2,31,35)(H,32,36). The third-order valence-electron chi connectivity index (χ3n) is 7.18. The summed E-state index contributed by atoms with van der Waals surface area (Å²) in [5.74, 6) is -0.855. The number of nitrogens with two attached hydrogens (primary N) is 2. The number of methoxy groups -OCH3 is 2. The van der Waals surface area contributed by atoms with Crippen LogP contribution >= 0.6 is 11.5 Å². The van der Waals surface area contributed by atoms with Gasteiger partial charge >= 0.3 is 0 Å². The van der Waals surface area contributed by atoms with Gasteiger partial charge in [0.2, 0.25) is 5.91 Å². The zero-order chi connectivity index (χ0) is 28.8. The summed E-state index contributed by atoms with van der Waals surface area (Å²) in [6.07, 6.45) is 5.73. The second-order valence-corrected chi connectivity index (χ2v) is 10.5. The number of carbonyl (C=O) groups is 3. The molecule has 40 heavy (non-hydrogen) atoms. The molecular formula is C29H35N5O5S. The molecule has 10 nitrogen and oxygen atoms in total. The summed E-state index contributed by atoms with van der Waals surface area (Å²) in [4.78, 5) is 41.7. The van der Waals surface area contributed by atoms with Gasteiger partial charge in [0.25, 0.3) is 11.8 Å². The van der Waals surface area contributed by atoms with Crippen molar-refractivity contribution in [3.8, 4) is 11.5 Å². The first kappa shape index (κ1) is 28.9. The van der Waals surface area contributed by atoms with Crippen LogP contribution in [-0.2, 0) is 11.2 Å². The second kappa shape index (κ2) is 12.8. The number of amides is 3. The van der Waals surface area contributed by atoms with Gasteiger partial charge in [0.1, 0.15) is 10.9 Å². The van der Waals surface area contributed by atoms with Crippen LogP contribution in [0.2, 0.25) is 0 Å². The van der Waals surface area contributed by atoms with Gasteiger partial charge in [-0.15, -0.1) is 0 Å². The monoisotopic (exact) mass is 565 g/mol. The summed E-state index contributed by atoms with van der Waals surface area (Å²) in [6.45, 7) is 2.03. The fraction of sp³-hybridized carbons (Fsp3) is 0.379. The van der Waals surface area contributed by atoms with Gasteiger partial charge in [-0.25, -0.2) is 0 Å². The summed E-state index contributed by atoms with van der Waals surface area (Å²) >= 11 is 0.774. The number of hydrogen-bond acceptors (Lipinski definition) is 8. The molecule has 0 bridgehead atoms. The van der Waals surface area contributed by atoms with Gasteiger partial charge in [0.05, 0.1) is 19.9 Å². The number of hydrogen-bond donors (Lipinski definition) is 3. The Morgan fingerprint density at radius 1 is 1.05 bits per heavy atom. The number of primary amides is 1. The molecule has 3 aromatic rings. The van der Waals surface area contributed by atoms with E-state index in [4.69, 9.17) is 20.9 Å². The molecule has 0 spiro atoms. The number of anilines is 2. The first-order chi connectivity index (χ1) is 19.3. The molecule has 1 saturated carbocycles. The highest BCUT2D eigenvalue weighted by Gasteiger charge is 2.37. The van der Waals surface area contributed by atoms with E-state index < -0.39 is 17.9 Å². The van der Waals surface area contributed by atoms with Gasteiger partial charge in [-0.2, -0.15) is 4.37 Å². The Hall–Kier alpha value is -4.12. The van der Waals surface area contributed by atoms with Crippen molar-refractivity contribution in [2.24, 2.45) is 5.73 Å². The minimum absolute atomic E-state index is 0.00162. The predicted octanol–water partition coefficient (Wildman–Crippen LogP) is 4.24. The van der Waals surface area contributed by atoms with Gasteiger partial charge in [-0.05, 0) is 66.2 Å². The summed E-state index contributed by atoms with van der Waals surface area (Å²) in [7, 11) is 3.04. The van der Waals surface area contributed by atoms with Crippen molar-refractivity contribution in [1.82, 2.24) is 9.69 Å². The van der Waals surface area contributed by atoms with Crippen molar-refractivity contribution < 1.29 is 23.9 Å². The largest absolute Gasteiger partial charge is 0.493 e. The number of aromatic nitrogens is 1. The zero-order valence-corrected chi connectivity index (χ0v) is 23.8. The lowest BCUT2D eigenvalue weighted by atomic mass is 9.94.